The Morgan fingerprint density at radius 3 is 3.06 bits per heavy atom. The average molecular weight is 238 g/mol. The van der Waals surface area contributed by atoms with Crippen molar-refractivity contribution in [2.75, 3.05) is 6.54 Å². The molecule has 1 aromatic heterocycles. The summed E-state index contributed by atoms with van der Waals surface area (Å²) in [6.45, 7) is 0.885. The highest BCUT2D eigenvalue weighted by Gasteiger charge is 2.39. The van der Waals surface area contributed by atoms with E-state index in [2.05, 4.69) is 0 Å². The second kappa shape index (κ2) is 3.55. The summed E-state index contributed by atoms with van der Waals surface area (Å²) in [5, 5.41) is 1.06. The number of carbonyl (C=O) groups is 1. The molecule has 2 aliphatic heterocycles. The van der Waals surface area contributed by atoms with E-state index < -0.39 is 0 Å². The first-order chi connectivity index (χ1) is 8.84. The first-order valence-corrected chi connectivity index (χ1v) is 6.55. The van der Waals surface area contributed by atoms with E-state index >= 15 is 0 Å². The first kappa shape index (κ1) is 10.1. The summed E-state index contributed by atoms with van der Waals surface area (Å²) < 4.78 is 0. The van der Waals surface area contributed by atoms with Crippen LogP contribution in [0.2, 0.25) is 0 Å². The molecule has 18 heavy (non-hydrogen) atoms. The number of fused-ring (bicyclic) bond motifs is 4. The van der Waals surface area contributed by atoms with Crippen molar-refractivity contribution in [1.82, 2.24) is 9.88 Å². The van der Waals surface area contributed by atoms with Gasteiger partial charge in [0.1, 0.15) is 0 Å². The third-order valence-corrected chi connectivity index (χ3v) is 4.06. The van der Waals surface area contributed by atoms with Gasteiger partial charge in [0.05, 0.1) is 22.8 Å². The average Bonchev–Trinajstić information content (AvgIpc) is 2.71. The maximum atomic E-state index is 12.4. The third kappa shape index (κ3) is 1.24. The number of pyridine rings is 1. The predicted octanol–water partition coefficient (Wildman–Crippen LogP) is 2.92. The zero-order valence-corrected chi connectivity index (χ0v) is 10.1. The highest BCUT2D eigenvalue weighted by Crippen LogP contribution is 2.39. The number of para-hydroxylation sites is 1. The van der Waals surface area contributed by atoms with Gasteiger partial charge in [0.15, 0.2) is 0 Å². The Bertz CT molecular complexity index is 650. The highest BCUT2D eigenvalue weighted by atomic mass is 16.2. The van der Waals surface area contributed by atoms with Gasteiger partial charge >= 0.3 is 0 Å². The summed E-state index contributed by atoms with van der Waals surface area (Å²) in [4.78, 5) is 19.1. The Kier molecular flexibility index (Phi) is 1.98. The van der Waals surface area contributed by atoms with Gasteiger partial charge < -0.3 is 4.90 Å². The van der Waals surface area contributed by atoms with Crippen LogP contribution >= 0.6 is 0 Å². The summed E-state index contributed by atoms with van der Waals surface area (Å²) in [5.74, 6) is 0.174. The highest BCUT2D eigenvalue weighted by molar-refractivity contribution is 6.01. The van der Waals surface area contributed by atoms with Gasteiger partial charge in [-0.3, -0.25) is 4.79 Å². The van der Waals surface area contributed by atoms with Crippen LogP contribution in [0.3, 0.4) is 0 Å². The smallest absolute Gasteiger partial charge is 0.256 e. The van der Waals surface area contributed by atoms with Gasteiger partial charge in [0.2, 0.25) is 0 Å². The van der Waals surface area contributed by atoms with Gasteiger partial charge in [-0.05, 0) is 31.4 Å². The SMILES string of the molecule is O=C1c2cc3ccccc3nc2C2CCCCN12. The first-order valence-electron chi connectivity index (χ1n) is 6.55. The van der Waals surface area contributed by atoms with Crippen molar-refractivity contribution >= 4 is 16.8 Å². The fourth-order valence-corrected chi connectivity index (χ4v) is 3.17. The minimum absolute atomic E-state index is 0.174. The number of rotatable bonds is 0. The standard InChI is InChI=1S/C15H14N2O/c18-15-11-9-10-5-1-2-6-12(10)16-14(11)13-7-3-4-8-17(13)15/h1-2,5-6,9,13H,3-4,7-8H2. The van der Waals surface area contributed by atoms with Crippen molar-refractivity contribution in [3.8, 4) is 0 Å². The van der Waals surface area contributed by atoms with Gasteiger partial charge in [-0.15, -0.1) is 0 Å². The Labute approximate surface area is 105 Å². The van der Waals surface area contributed by atoms with Crippen molar-refractivity contribution in [1.29, 1.82) is 0 Å². The number of carbonyl (C=O) groups excluding carboxylic acids is 1. The number of amides is 1. The lowest BCUT2D eigenvalue weighted by molar-refractivity contribution is 0.0669. The van der Waals surface area contributed by atoms with E-state index in [1.54, 1.807) is 0 Å². The Morgan fingerprint density at radius 2 is 2.11 bits per heavy atom. The van der Waals surface area contributed by atoms with E-state index in [-0.39, 0.29) is 11.9 Å². The van der Waals surface area contributed by atoms with Crippen LogP contribution in [0.25, 0.3) is 10.9 Å². The zero-order chi connectivity index (χ0) is 12.1. The fraction of sp³-hybridized carbons (Fsp3) is 0.333. The summed E-state index contributed by atoms with van der Waals surface area (Å²) in [6, 6.07) is 10.3. The molecule has 1 fully saturated rings. The molecule has 1 saturated heterocycles. The molecule has 1 atom stereocenters. The van der Waals surface area contributed by atoms with Gasteiger partial charge in [-0.2, -0.15) is 0 Å². The summed E-state index contributed by atoms with van der Waals surface area (Å²) >= 11 is 0. The largest absolute Gasteiger partial charge is 0.330 e. The van der Waals surface area contributed by atoms with E-state index in [1.165, 1.54) is 6.42 Å². The Hall–Kier alpha value is -1.90. The van der Waals surface area contributed by atoms with Gasteiger partial charge in [0.25, 0.3) is 5.91 Å². The van der Waals surface area contributed by atoms with E-state index in [0.717, 1.165) is 41.5 Å². The van der Waals surface area contributed by atoms with Crippen molar-refractivity contribution < 1.29 is 4.79 Å². The fourth-order valence-electron chi connectivity index (χ4n) is 3.17. The van der Waals surface area contributed by atoms with E-state index in [1.807, 2.05) is 35.2 Å². The minimum atomic E-state index is 0.174. The van der Waals surface area contributed by atoms with Crippen LogP contribution in [0.15, 0.2) is 30.3 Å². The van der Waals surface area contributed by atoms with Crippen molar-refractivity contribution in [2.24, 2.45) is 0 Å². The van der Waals surface area contributed by atoms with Crippen molar-refractivity contribution in [3.63, 3.8) is 0 Å². The lowest BCUT2D eigenvalue weighted by Crippen LogP contribution is -2.32. The number of hydrogen-bond donors (Lipinski definition) is 0. The lowest BCUT2D eigenvalue weighted by Gasteiger charge is -2.29. The molecule has 1 unspecified atom stereocenters. The van der Waals surface area contributed by atoms with Crippen LogP contribution in [0.1, 0.15) is 41.4 Å². The molecular formula is C15H14N2O. The van der Waals surface area contributed by atoms with Gasteiger partial charge in [0, 0.05) is 11.9 Å². The molecule has 1 amide bonds. The van der Waals surface area contributed by atoms with E-state index in [9.17, 15) is 4.79 Å². The molecule has 0 bridgehead atoms. The minimum Gasteiger partial charge on any atom is -0.330 e. The molecule has 3 heteroatoms. The molecule has 2 aromatic rings. The summed E-state index contributed by atoms with van der Waals surface area (Å²) in [6.07, 6.45) is 3.38. The molecule has 4 rings (SSSR count). The molecule has 0 spiro atoms. The number of hydrogen-bond acceptors (Lipinski definition) is 2. The number of benzene rings is 1. The van der Waals surface area contributed by atoms with Crippen LogP contribution in [0.4, 0.5) is 0 Å². The van der Waals surface area contributed by atoms with Crippen molar-refractivity contribution in [3.05, 3.63) is 41.6 Å². The summed E-state index contributed by atoms with van der Waals surface area (Å²) in [5.41, 5.74) is 2.82. The second-order valence-electron chi connectivity index (χ2n) is 5.12. The van der Waals surface area contributed by atoms with Crippen LogP contribution in [0, 0.1) is 0 Å². The topological polar surface area (TPSA) is 33.2 Å². The number of piperidine rings is 1. The maximum absolute atomic E-state index is 12.4. The summed E-state index contributed by atoms with van der Waals surface area (Å²) in [7, 11) is 0. The lowest BCUT2D eigenvalue weighted by atomic mass is 10.0. The molecule has 0 aliphatic carbocycles. The van der Waals surface area contributed by atoms with Crippen molar-refractivity contribution in [2.45, 2.75) is 25.3 Å². The number of nitrogens with zero attached hydrogens (tertiary/aromatic N) is 2. The Morgan fingerprint density at radius 1 is 1.22 bits per heavy atom. The van der Waals surface area contributed by atoms with Crippen LogP contribution in [-0.2, 0) is 0 Å². The van der Waals surface area contributed by atoms with Gasteiger partial charge in [-0.1, -0.05) is 18.2 Å². The van der Waals surface area contributed by atoms with E-state index in [0.29, 0.717) is 0 Å². The van der Waals surface area contributed by atoms with E-state index in [4.69, 9.17) is 4.98 Å². The number of aromatic nitrogens is 1. The molecule has 0 N–H and O–H groups in total. The molecule has 2 aliphatic rings. The zero-order valence-electron chi connectivity index (χ0n) is 10.1. The Balaban J connectivity index is 1.96. The normalized spacial score (nSPS) is 22.1. The maximum Gasteiger partial charge on any atom is 0.256 e. The molecule has 0 saturated carbocycles. The molecule has 1 aromatic carbocycles. The molecule has 3 nitrogen and oxygen atoms in total. The quantitative estimate of drug-likeness (QED) is 0.707. The van der Waals surface area contributed by atoms with Crippen LogP contribution in [0.5, 0.6) is 0 Å². The monoisotopic (exact) mass is 238 g/mol. The third-order valence-electron chi connectivity index (χ3n) is 4.06. The molecule has 0 radical (unpaired) electrons. The molecular weight excluding hydrogens is 224 g/mol. The van der Waals surface area contributed by atoms with Crippen LogP contribution < -0.4 is 0 Å². The van der Waals surface area contributed by atoms with Crippen LogP contribution in [-0.4, -0.2) is 22.3 Å². The second-order valence-corrected chi connectivity index (χ2v) is 5.12. The molecule has 3 heterocycles. The predicted molar refractivity (Wildman–Crippen MR) is 69.4 cm³/mol. The van der Waals surface area contributed by atoms with Gasteiger partial charge in [-0.25, -0.2) is 4.98 Å². The molecule has 90 valence electrons.